The van der Waals surface area contributed by atoms with Crippen molar-refractivity contribution in [2.24, 2.45) is 11.8 Å². The van der Waals surface area contributed by atoms with Crippen molar-refractivity contribution >= 4 is 23.5 Å². The van der Waals surface area contributed by atoms with Gasteiger partial charge in [0.05, 0.1) is 0 Å². The molecule has 1 saturated heterocycles. The minimum absolute atomic E-state index is 0.0386. The monoisotopic (exact) mass is 601 g/mol. The van der Waals surface area contributed by atoms with Crippen LogP contribution >= 0.6 is 11.8 Å². The van der Waals surface area contributed by atoms with E-state index < -0.39 is 11.2 Å². The average molecular weight is 602 g/mol. The summed E-state index contributed by atoms with van der Waals surface area (Å²) in [5.41, 5.74) is 3.58. The van der Waals surface area contributed by atoms with Gasteiger partial charge in [-0.15, -0.1) is 11.8 Å². The molecule has 0 aliphatic carbocycles. The lowest BCUT2D eigenvalue weighted by atomic mass is 9.84. The molecule has 0 spiro atoms. The second-order valence-corrected chi connectivity index (χ2v) is 14.2. The molecule has 0 bridgehead atoms. The van der Waals surface area contributed by atoms with E-state index in [1.165, 1.54) is 11.1 Å². The highest BCUT2D eigenvalue weighted by molar-refractivity contribution is 7.98. The maximum atomic E-state index is 13.8. The van der Waals surface area contributed by atoms with E-state index in [1.54, 1.807) is 25.6 Å². The third kappa shape index (κ3) is 8.73. The first kappa shape index (κ1) is 32.8. The van der Waals surface area contributed by atoms with E-state index in [0.717, 1.165) is 59.8 Å². The summed E-state index contributed by atoms with van der Waals surface area (Å²) >= 11 is 1.69. The molecule has 4 rings (SSSR count). The highest BCUT2D eigenvalue weighted by Crippen LogP contribution is 2.34. The second kappa shape index (κ2) is 13.7. The van der Waals surface area contributed by atoms with Crippen LogP contribution in [0, 0.1) is 25.7 Å². The summed E-state index contributed by atoms with van der Waals surface area (Å²) < 4.78 is 11.9. The Morgan fingerprint density at radius 1 is 0.884 bits per heavy atom. The van der Waals surface area contributed by atoms with E-state index in [2.05, 4.69) is 47.6 Å². The van der Waals surface area contributed by atoms with Crippen LogP contribution in [0.25, 0.3) is 0 Å². The van der Waals surface area contributed by atoms with E-state index in [1.807, 2.05) is 65.0 Å². The van der Waals surface area contributed by atoms with Gasteiger partial charge in [0.25, 0.3) is 0 Å². The minimum atomic E-state index is -1.11. The smallest absolute Gasteiger partial charge is 0.350 e. The van der Waals surface area contributed by atoms with Gasteiger partial charge >= 0.3 is 5.97 Å². The molecule has 2 atom stereocenters. The average Bonchev–Trinajstić information content (AvgIpc) is 3.35. The zero-order valence-electron chi connectivity index (χ0n) is 27.0. The summed E-state index contributed by atoms with van der Waals surface area (Å²) in [4.78, 5) is 30.2. The van der Waals surface area contributed by atoms with Crippen molar-refractivity contribution in [3.05, 3.63) is 94.5 Å². The van der Waals surface area contributed by atoms with E-state index in [-0.39, 0.29) is 23.6 Å². The Balaban J connectivity index is 1.49. The number of carbonyl (C=O) groups is 2. The van der Waals surface area contributed by atoms with Gasteiger partial charge in [-0.25, -0.2) is 4.79 Å². The van der Waals surface area contributed by atoms with Crippen LogP contribution in [0.5, 0.6) is 5.75 Å². The maximum absolute atomic E-state index is 13.8. The molecule has 3 aromatic rings. The second-order valence-electron chi connectivity index (χ2n) is 13.4. The third-order valence-corrected chi connectivity index (χ3v) is 8.79. The number of hydrogen-bond donors (Lipinski definition) is 0. The summed E-state index contributed by atoms with van der Waals surface area (Å²) in [6, 6.07) is 22.9. The Hall–Kier alpha value is -3.09. The van der Waals surface area contributed by atoms with Crippen molar-refractivity contribution in [3.63, 3.8) is 0 Å². The molecule has 0 aromatic heterocycles. The summed E-state index contributed by atoms with van der Waals surface area (Å²) in [5.74, 6) is 0.801. The fourth-order valence-electron chi connectivity index (χ4n) is 5.89. The lowest BCUT2D eigenvalue weighted by molar-refractivity contribution is -0.171. The minimum Gasteiger partial charge on any atom is -0.476 e. The van der Waals surface area contributed by atoms with Crippen molar-refractivity contribution in [1.82, 2.24) is 4.90 Å². The Labute approximate surface area is 262 Å². The summed E-state index contributed by atoms with van der Waals surface area (Å²) in [7, 11) is 0. The number of carbonyl (C=O) groups excluding carboxylic acids is 2. The lowest BCUT2D eigenvalue weighted by Gasteiger charge is -2.30. The fraction of sp³-hybridized carbons (Fsp3) is 0.459. The van der Waals surface area contributed by atoms with Crippen molar-refractivity contribution < 1.29 is 19.1 Å². The van der Waals surface area contributed by atoms with Crippen molar-refractivity contribution in [1.29, 1.82) is 0 Å². The first-order valence-electron chi connectivity index (χ1n) is 15.2. The van der Waals surface area contributed by atoms with Crippen LogP contribution in [0.15, 0.2) is 71.6 Å². The third-order valence-electron chi connectivity index (χ3n) is 8.05. The molecule has 0 radical (unpaired) electrons. The van der Waals surface area contributed by atoms with Crippen molar-refractivity contribution in [3.8, 4) is 5.75 Å². The normalized spacial score (nSPS) is 17.6. The highest BCUT2D eigenvalue weighted by atomic mass is 32.2. The van der Waals surface area contributed by atoms with Crippen LogP contribution in [0.1, 0.15) is 73.7 Å². The number of ether oxygens (including phenoxy) is 2. The lowest BCUT2D eigenvalue weighted by Crippen LogP contribution is -2.43. The molecule has 1 fully saturated rings. The number of ketones is 1. The van der Waals surface area contributed by atoms with Gasteiger partial charge in [0.1, 0.15) is 11.4 Å². The summed E-state index contributed by atoms with van der Waals surface area (Å²) in [6.07, 6.45) is 3.85. The Morgan fingerprint density at radius 3 is 2.09 bits per heavy atom. The highest BCUT2D eigenvalue weighted by Gasteiger charge is 2.38. The number of thioether (sulfide) groups is 1. The van der Waals surface area contributed by atoms with Gasteiger partial charge in [-0.2, -0.15) is 0 Å². The Morgan fingerprint density at radius 2 is 1.51 bits per heavy atom. The molecular formula is C37H47NO4S. The zero-order chi connectivity index (χ0) is 31.4. The van der Waals surface area contributed by atoms with Crippen LogP contribution < -0.4 is 4.74 Å². The van der Waals surface area contributed by atoms with E-state index in [4.69, 9.17) is 9.47 Å². The SMILES string of the molecule is CSc1ccc(C(=O)C2CN(Cc3ccccc3)C[C@@H]2CCc2cc(C)c(OC(C)(C)C(=O)OC(C)(C)C)c(C)c2)cc1. The van der Waals surface area contributed by atoms with E-state index in [9.17, 15) is 9.59 Å². The van der Waals surface area contributed by atoms with Gasteiger partial charge in [0.2, 0.25) is 0 Å². The van der Waals surface area contributed by atoms with Crippen LogP contribution in [-0.2, 0) is 22.5 Å². The Kier molecular flexibility index (Phi) is 10.4. The Bertz CT molecular complexity index is 1390. The molecular weight excluding hydrogens is 554 g/mol. The number of benzene rings is 3. The summed E-state index contributed by atoms with van der Waals surface area (Å²) in [6.45, 7) is 15.7. The van der Waals surface area contributed by atoms with E-state index in [0.29, 0.717) is 0 Å². The van der Waals surface area contributed by atoms with Gasteiger partial charge in [-0.1, -0.05) is 54.6 Å². The van der Waals surface area contributed by atoms with Gasteiger partial charge in [-0.3, -0.25) is 9.69 Å². The van der Waals surface area contributed by atoms with Gasteiger partial charge < -0.3 is 9.47 Å². The predicted octanol–water partition coefficient (Wildman–Crippen LogP) is 8.09. The predicted molar refractivity (Wildman–Crippen MR) is 176 cm³/mol. The van der Waals surface area contributed by atoms with Crippen LogP contribution in [0.3, 0.4) is 0 Å². The first-order chi connectivity index (χ1) is 20.3. The molecule has 3 aromatic carbocycles. The molecule has 230 valence electrons. The molecule has 1 unspecified atom stereocenters. The van der Waals surface area contributed by atoms with Gasteiger partial charge in [-0.05, 0) is 108 Å². The first-order valence-corrected chi connectivity index (χ1v) is 16.5. The molecule has 1 heterocycles. The van der Waals surface area contributed by atoms with Crippen LogP contribution in [0.2, 0.25) is 0 Å². The number of nitrogens with zero attached hydrogens (tertiary/aromatic N) is 1. The largest absolute Gasteiger partial charge is 0.476 e. The number of hydrogen-bond acceptors (Lipinski definition) is 6. The number of likely N-dealkylation sites (tertiary alicyclic amines) is 1. The molecule has 6 heteroatoms. The molecule has 0 N–H and O–H groups in total. The van der Waals surface area contributed by atoms with Crippen LogP contribution in [-0.4, -0.2) is 47.2 Å². The van der Waals surface area contributed by atoms with Crippen molar-refractivity contribution in [2.45, 2.75) is 84.0 Å². The molecule has 5 nitrogen and oxygen atoms in total. The molecule has 0 saturated carbocycles. The number of Topliss-reactive ketones (excluding diaryl/α,β-unsaturated/α-hetero) is 1. The molecule has 1 aliphatic rings. The standard InChI is InChI=1S/C37H47NO4S/c1-25-20-28(21-26(2)34(25)41-37(6,7)35(40)42-36(3,4)5)14-15-30-23-38(22-27-12-10-9-11-13-27)24-32(30)33(39)29-16-18-31(43-8)19-17-29/h9-13,16-21,30,32H,14-15,22-24H2,1-8H3/t30-,32?/m0/s1. The fourth-order valence-corrected chi connectivity index (χ4v) is 6.29. The van der Waals surface area contributed by atoms with Gasteiger partial charge in [0, 0.05) is 36.0 Å². The van der Waals surface area contributed by atoms with Crippen molar-refractivity contribution in [2.75, 3.05) is 19.3 Å². The van der Waals surface area contributed by atoms with Gasteiger partial charge in [0.15, 0.2) is 11.4 Å². The van der Waals surface area contributed by atoms with Crippen LogP contribution in [0.4, 0.5) is 0 Å². The topological polar surface area (TPSA) is 55.8 Å². The zero-order valence-corrected chi connectivity index (χ0v) is 27.8. The number of aryl methyl sites for hydroxylation is 3. The quantitative estimate of drug-likeness (QED) is 0.126. The van der Waals surface area contributed by atoms with E-state index >= 15 is 0 Å². The maximum Gasteiger partial charge on any atom is 0.350 e. The number of esters is 1. The number of rotatable bonds is 11. The molecule has 43 heavy (non-hydrogen) atoms. The molecule has 1 aliphatic heterocycles. The summed E-state index contributed by atoms with van der Waals surface area (Å²) in [5, 5.41) is 0. The molecule has 0 amide bonds.